The van der Waals surface area contributed by atoms with Crippen molar-refractivity contribution >= 4 is 17.8 Å². The summed E-state index contributed by atoms with van der Waals surface area (Å²) in [6.45, 7) is 4.35. The lowest BCUT2D eigenvalue weighted by Gasteiger charge is -2.34. The number of hydrogen-bond acceptors (Lipinski definition) is 5. The van der Waals surface area contributed by atoms with Crippen molar-refractivity contribution in [1.29, 1.82) is 0 Å². The fourth-order valence-electron chi connectivity index (χ4n) is 2.62. The van der Waals surface area contributed by atoms with Crippen molar-refractivity contribution in [2.75, 3.05) is 26.2 Å². The van der Waals surface area contributed by atoms with Gasteiger partial charge in [0, 0.05) is 45.1 Å². The van der Waals surface area contributed by atoms with E-state index >= 15 is 0 Å². The zero-order valence-corrected chi connectivity index (χ0v) is 14.7. The van der Waals surface area contributed by atoms with Crippen LogP contribution in [-0.2, 0) is 16.1 Å². The lowest BCUT2D eigenvalue weighted by Crippen LogP contribution is -2.48. The molecule has 0 spiro atoms. The van der Waals surface area contributed by atoms with Gasteiger partial charge >= 0.3 is 11.9 Å². The predicted octanol–water partition coefficient (Wildman–Crippen LogP) is 1.20. The summed E-state index contributed by atoms with van der Waals surface area (Å²) in [4.78, 5) is 38.9. The van der Waals surface area contributed by atoms with E-state index in [4.69, 9.17) is 19.8 Å². The molecule has 1 amide bonds. The molecule has 1 aliphatic rings. The van der Waals surface area contributed by atoms with Crippen molar-refractivity contribution in [2.45, 2.75) is 6.54 Å². The Morgan fingerprint density at radius 3 is 2.04 bits per heavy atom. The van der Waals surface area contributed by atoms with Crippen LogP contribution < -0.4 is 0 Å². The minimum absolute atomic E-state index is 0.0856. The molecule has 0 unspecified atom stereocenters. The number of carbonyl (C=O) groups excluding carboxylic acids is 1. The summed E-state index contributed by atoms with van der Waals surface area (Å²) in [5.41, 5.74) is 2.00. The number of carboxylic acids is 2. The van der Waals surface area contributed by atoms with Gasteiger partial charge in [0.2, 0.25) is 0 Å². The summed E-state index contributed by atoms with van der Waals surface area (Å²) in [7, 11) is 0. The molecule has 2 aromatic rings. The van der Waals surface area contributed by atoms with Crippen molar-refractivity contribution in [3.8, 4) is 0 Å². The maximum Gasteiger partial charge on any atom is 0.414 e. The second-order valence-electron chi connectivity index (χ2n) is 5.91. The van der Waals surface area contributed by atoms with E-state index in [-0.39, 0.29) is 5.91 Å². The minimum Gasteiger partial charge on any atom is -0.473 e. The maximum absolute atomic E-state index is 12.3. The first-order chi connectivity index (χ1) is 13.0. The Labute approximate surface area is 156 Å². The van der Waals surface area contributed by atoms with E-state index in [1.807, 2.05) is 17.0 Å². The monoisotopic (exact) mass is 371 g/mol. The number of aromatic nitrogens is 1. The topological polar surface area (TPSA) is 111 Å². The van der Waals surface area contributed by atoms with Crippen LogP contribution in [0.3, 0.4) is 0 Å². The second-order valence-corrected chi connectivity index (χ2v) is 5.91. The summed E-state index contributed by atoms with van der Waals surface area (Å²) in [6.07, 6.45) is 3.33. The Kier molecular flexibility index (Phi) is 7.45. The second kappa shape index (κ2) is 10.0. The Morgan fingerprint density at radius 2 is 1.52 bits per heavy atom. The number of aliphatic carboxylic acids is 2. The summed E-state index contributed by atoms with van der Waals surface area (Å²) in [5.74, 6) is -3.56. The Bertz CT molecular complexity index is 747. The lowest BCUT2D eigenvalue weighted by atomic mass is 10.2. The molecule has 0 saturated carbocycles. The van der Waals surface area contributed by atoms with Gasteiger partial charge in [-0.05, 0) is 17.7 Å². The quantitative estimate of drug-likeness (QED) is 0.780. The molecule has 8 nitrogen and oxygen atoms in total. The van der Waals surface area contributed by atoms with Crippen LogP contribution in [0, 0.1) is 0 Å². The van der Waals surface area contributed by atoms with E-state index in [1.54, 1.807) is 18.5 Å². The maximum atomic E-state index is 12.3. The molecule has 0 aliphatic carbocycles. The highest BCUT2D eigenvalue weighted by Gasteiger charge is 2.22. The molecule has 27 heavy (non-hydrogen) atoms. The van der Waals surface area contributed by atoms with Gasteiger partial charge in [-0.15, -0.1) is 0 Å². The van der Waals surface area contributed by atoms with Crippen LogP contribution in [-0.4, -0.2) is 69.0 Å². The van der Waals surface area contributed by atoms with Gasteiger partial charge in [-0.1, -0.05) is 30.3 Å². The van der Waals surface area contributed by atoms with E-state index < -0.39 is 11.9 Å². The predicted molar refractivity (Wildman–Crippen MR) is 97.1 cm³/mol. The minimum atomic E-state index is -1.82. The average Bonchev–Trinajstić information content (AvgIpc) is 2.70. The molecule has 0 radical (unpaired) electrons. The van der Waals surface area contributed by atoms with E-state index in [1.165, 1.54) is 5.56 Å². The summed E-state index contributed by atoms with van der Waals surface area (Å²) < 4.78 is 0. The Hall–Kier alpha value is -3.26. The van der Waals surface area contributed by atoms with Crippen LogP contribution >= 0.6 is 0 Å². The number of rotatable bonds is 3. The zero-order chi connectivity index (χ0) is 19.6. The first-order valence-electron chi connectivity index (χ1n) is 8.39. The third-order valence-electron chi connectivity index (χ3n) is 4.00. The molecule has 1 saturated heterocycles. The van der Waals surface area contributed by atoms with Gasteiger partial charge in [-0.3, -0.25) is 14.7 Å². The normalized spacial score (nSPS) is 14.0. The molecule has 2 heterocycles. The van der Waals surface area contributed by atoms with Crippen LogP contribution in [0.4, 0.5) is 0 Å². The van der Waals surface area contributed by atoms with Crippen molar-refractivity contribution in [1.82, 2.24) is 14.8 Å². The number of pyridine rings is 1. The van der Waals surface area contributed by atoms with Gasteiger partial charge in [-0.25, -0.2) is 9.59 Å². The molecule has 8 heteroatoms. The molecular weight excluding hydrogens is 350 g/mol. The summed E-state index contributed by atoms with van der Waals surface area (Å²) in [6, 6.07) is 14.1. The summed E-state index contributed by atoms with van der Waals surface area (Å²) in [5, 5.41) is 14.8. The van der Waals surface area contributed by atoms with Gasteiger partial charge in [0.15, 0.2) is 0 Å². The molecule has 1 aromatic heterocycles. The van der Waals surface area contributed by atoms with Crippen molar-refractivity contribution in [3.05, 3.63) is 66.0 Å². The number of nitrogens with zero attached hydrogens (tertiary/aromatic N) is 3. The SMILES string of the molecule is O=C(O)C(=O)O.O=C(c1cccnc1)N1CCN(Cc2ccccc2)CC1. The van der Waals surface area contributed by atoms with E-state index in [0.717, 1.165) is 32.7 Å². The Balaban J connectivity index is 0.000000380. The van der Waals surface area contributed by atoms with Crippen LogP contribution in [0.5, 0.6) is 0 Å². The third-order valence-corrected chi connectivity index (χ3v) is 4.00. The highest BCUT2D eigenvalue weighted by Crippen LogP contribution is 2.11. The Morgan fingerprint density at radius 1 is 0.889 bits per heavy atom. The molecule has 0 bridgehead atoms. The van der Waals surface area contributed by atoms with Crippen molar-refractivity contribution in [2.24, 2.45) is 0 Å². The number of carboxylic acid groups (broad SMARTS) is 2. The lowest BCUT2D eigenvalue weighted by molar-refractivity contribution is -0.159. The summed E-state index contributed by atoms with van der Waals surface area (Å²) >= 11 is 0. The smallest absolute Gasteiger partial charge is 0.414 e. The van der Waals surface area contributed by atoms with Crippen LogP contribution in [0.2, 0.25) is 0 Å². The number of piperazine rings is 1. The van der Waals surface area contributed by atoms with Gasteiger partial charge in [0.1, 0.15) is 0 Å². The van der Waals surface area contributed by atoms with E-state index in [2.05, 4.69) is 34.1 Å². The van der Waals surface area contributed by atoms with Gasteiger partial charge in [-0.2, -0.15) is 0 Å². The molecule has 1 aromatic carbocycles. The molecule has 1 aliphatic heterocycles. The zero-order valence-electron chi connectivity index (χ0n) is 14.7. The first kappa shape index (κ1) is 20.1. The molecule has 2 N–H and O–H groups in total. The average molecular weight is 371 g/mol. The highest BCUT2D eigenvalue weighted by atomic mass is 16.4. The van der Waals surface area contributed by atoms with E-state index in [0.29, 0.717) is 5.56 Å². The molecule has 1 fully saturated rings. The molecule has 142 valence electrons. The number of carbonyl (C=O) groups is 3. The van der Waals surface area contributed by atoms with E-state index in [9.17, 15) is 4.79 Å². The van der Waals surface area contributed by atoms with Crippen LogP contribution in [0.1, 0.15) is 15.9 Å². The van der Waals surface area contributed by atoms with Crippen molar-refractivity contribution in [3.63, 3.8) is 0 Å². The molecule has 3 rings (SSSR count). The third kappa shape index (κ3) is 6.52. The first-order valence-corrected chi connectivity index (χ1v) is 8.39. The van der Waals surface area contributed by atoms with Gasteiger partial charge < -0.3 is 15.1 Å². The fraction of sp³-hybridized carbons (Fsp3) is 0.263. The van der Waals surface area contributed by atoms with Crippen LogP contribution in [0.25, 0.3) is 0 Å². The number of amides is 1. The highest BCUT2D eigenvalue weighted by molar-refractivity contribution is 6.27. The standard InChI is InChI=1S/C17H19N3O.C2H2O4/c21-17(16-7-4-8-18-13-16)20-11-9-19(10-12-20)14-15-5-2-1-3-6-15;3-1(4)2(5)6/h1-8,13H,9-12,14H2;(H,3,4)(H,5,6). The number of hydrogen-bond donors (Lipinski definition) is 2. The van der Waals surface area contributed by atoms with Crippen LogP contribution in [0.15, 0.2) is 54.9 Å². The van der Waals surface area contributed by atoms with Gasteiger partial charge in [0.25, 0.3) is 5.91 Å². The van der Waals surface area contributed by atoms with Crippen molar-refractivity contribution < 1.29 is 24.6 Å². The molecule has 0 atom stereocenters. The van der Waals surface area contributed by atoms with Gasteiger partial charge in [0.05, 0.1) is 5.56 Å². The fourth-order valence-corrected chi connectivity index (χ4v) is 2.62. The largest absolute Gasteiger partial charge is 0.473 e. The number of benzene rings is 1. The molecular formula is C19H21N3O5.